The number of carbonyl (C=O) groups is 1. The van der Waals surface area contributed by atoms with E-state index in [4.69, 9.17) is 14.9 Å². The summed E-state index contributed by atoms with van der Waals surface area (Å²) in [6.45, 7) is 1.51. The van der Waals surface area contributed by atoms with Crippen molar-refractivity contribution in [2.45, 2.75) is 29.6 Å². The Morgan fingerprint density at radius 3 is 2.73 bits per heavy atom. The van der Waals surface area contributed by atoms with Crippen LogP contribution in [0.3, 0.4) is 0 Å². The Kier molecular flexibility index (Phi) is 5.94. The number of fused-ring (bicyclic) bond motifs is 1. The highest BCUT2D eigenvalue weighted by Crippen LogP contribution is 2.68. The lowest BCUT2D eigenvalue weighted by Gasteiger charge is -2.33. The molecule has 3 aromatic rings. The molecule has 1 aromatic carbocycles. The predicted molar refractivity (Wildman–Crippen MR) is 129 cm³/mol. The van der Waals surface area contributed by atoms with E-state index in [0.29, 0.717) is 5.89 Å². The average molecular weight is 551 g/mol. The first-order chi connectivity index (χ1) is 17.4. The molecule has 15 heteroatoms. The summed E-state index contributed by atoms with van der Waals surface area (Å²) in [5, 5.41) is 2.41. The highest BCUT2D eigenvalue weighted by atomic mass is 32.3. The number of amidine groups is 1. The van der Waals surface area contributed by atoms with Crippen LogP contribution in [0.25, 0.3) is 0 Å². The predicted octanol–water partition coefficient (Wildman–Crippen LogP) is 2.61. The van der Waals surface area contributed by atoms with Crippen LogP contribution in [0.1, 0.15) is 35.3 Å². The third-order valence-corrected chi connectivity index (χ3v) is 10.3. The molecule has 1 aliphatic heterocycles. The van der Waals surface area contributed by atoms with Gasteiger partial charge in [-0.15, -0.1) is 0 Å². The summed E-state index contributed by atoms with van der Waals surface area (Å²) in [5.74, 6) is -3.38. The van der Waals surface area contributed by atoms with Crippen LogP contribution in [-0.4, -0.2) is 44.8 Å². The van der Waals surface area contributed by atoms with E-state index < -0.39 is 42.9 Å². The molecule has 0 spiro atoms. The molecule has 0 radical (unpaired) electrons. The Morgan fingerprint density at radius 2 is 2.08 bits per heavy atom. The number of nitrogens with two attached hydrogens (primary N) is 1. The number of hydrogen-bond acceptors (Lipinski definition) is 11. The maximum Gasteiger partial charge on any atom is 0.275 e. The first kappa shape index (κ1) is 25.1. The van der Waals surface area contributed by atoms with Crippen molar-refractivity contribution in [2.24, 2.45) is 16.6 Å². The summed E-state index contributed by atoms with van der Waals surface area (Å²) in [7, 11) is -3.59. The van der Waals surface area contributed by atoms with Crippen LogP contribution in [-0.2, 0) is 22.0 Å². The van der Waals surface area contributed by atoms with E-state index in [2.05, 4.69) is 25.3 Å². The quantitative estimate of drug-likeness (QED) is 0.447. The number of carbonyl (C=O) groups excluding carboxylic acids is 1. The minimum atomic E-state index is -3.59. The van der Waals surface area contributed by atoms with E-state index in [1.165, 1.54) is 31.6 Å². The number of rotatable bonds is 7. The van der Waals surface area contributed by atoms with Crippen molar-refractivity contribution in [3.8, 4) is 5.88 Å². The zero-order valence-electron chi connectivity index (χ0n) is 19.4. The lowest BCUT2D eigenvalue weighted by Crippen LogP contribution is -2.39. The summed E-state index contributed by atoms with van der Waals surface area (Å²) < 4.78 is 63.8. The molecule has 1 saturated carbocycles. The van der Waals surface area contributed by atoms with Gasteiger partial charge in [0, 0.05) is 29.5 Å². The minimum absolute atomic E-state index is 0.0107. The van der Waals surface area contributed by atoms with Crippen LogP contribution >= 0.6 is 11.8 Å². The van der Waals surface area contributed by atoms with Crippen molar-refractivity contribution >= 4 is 38.4 Å². The molecule has 1 aliphatic carbocycles. The second-order valence-electron chi connectivity index (χ2n) is 8.77. The molecule has 2 aromatic heterocycles. The van der Waals surface area contributed by atoms with Crippen molar-refractivity contribution in [1.29, 1.82) is 0 Å². The summed E-state index contributed by atoms with van der Waals surface area (Å²) in [6, 6.07) is 2.03. The maximum atomic E-state index is 15.0. The Labute approximate surface area is 213 Å². The number of oxazole rings is 1. The maximum absolute atomic E-state index is 15.0. The fourth-order valence-corrected chi connectivity index (χ4v) is 7.69. The number of aliphatic imine (C=N–C) groups is 1. The highest BCUT2D eigenvalue weighted by Gasteiger charge is 2.72. The second-order valence-corrected chi connectivity index (χ2v) is 12.7. The Balaban J connectivity index is 1.38. The highest BCUT2D eigenvalue weighted by molar-refractivity contribution is 8.24. The van der Waals surface area contributed by atoms with Gasteiger partial charge in [0.2, 0.25) is 11.8 Å². The summed E-state index contributed by atoms with van der Waals surface area (Å²) in [6.07, 6.45) is 6.47. The number of ether oxygens (including phenoxy) is 1. The van der Waals surface area contributed by atoms with E-state index in [-0.39, 0.29) is 41.0 Å². The van der Waals surface area contributed by atoms with Crippen molar-refractivity contribution in [2.75, 3.05) is 11.6 Å². The molecule has 3 atom stereocenters. The third-order valence-electron chi connectivity index (χ3n) is 6.30. The molecule has 1 amide bonds. The molecule has 3 N–H and O–H groups in total. The fraction of sp³-hybridized carbons (Fsp3) is 0.318. The largest absolute Gasteiger partial charge is 0.467 e. The van der Waals surface area contributed by atoms with E-state index >= 15 is 4.39 Å². The van der Waals surface area contributed by atoms with Gasteiger partial charge in [0.25, 0.3) is 5.91 Å². The second kappa shape index (κ2) is 8.76. The SMILES string of the molecule is C[C@@]1(c2cc(NC(=O)c3cnc(OCc4ncco4)cn3)cc(F)c2F)N=C(N)S[C@@]2(S(C)(=O)=O)C[C@@H]12. The number of anilines is 1. The number of amides is 1. The van der Waals surface area contributed by atoms with Crippen LogP contribution in [0, 0.1) is 17.6 Å². The van der Waals surface area contributed by atoms with Crippen LogP contribution in [0.4, 0.5) is 14.5 Å². The minimum Gasteiger partial charge on any atom is -0.467 e. The van der Waals surface area contributed by atoms with Crippen LogP contribution < -0.4 is 15.8 Å². The Morgan fingerprint density at radius 1 is 1.30 bits per heavy atom. The van der Waals surface area contributed by atoms with Crippen LogP contribution in [0.2, 0.25) is 0 Å². The first-order valence-electron chi connectivity index (χ1n) is 10.8. The van der Waals surface area contributed by atoms with Gasteiger partial charge in [0.1, 0.15) is 16.0 Å². The van der Waals surface area contributed by atoms with Gasteiger partial charge in [0.15, 0.2) is 33.2 Å². The average Bonchev–Trinajstić information content (AvgIpc) is 3.38. The standard InChI is InChI=1S/C22H20F2N6O5S2/c1-21(15-7-22(15,37(2,32)33)36-20(25)30-21)12-5-11(6-13(23)18(12)24)29-19(31)14-8-28-16(9-27-14)35-10-17-26-3-4-34-17/h3-6,8-9,15H,7,10H2,1-2H3,(H2,25,30)(H,29,31)/t15-,21-,22+/m0/s1. The monoisotopic (exact) mass is 550 g/mol. The molecule has 37 heavy (non-hydrogen) atoms. The van der Waals surface area contributed by atoms with Gasteiger partial charge in [-0.25, -0.2) is 32.2 Å². The van der Waals surface area contributed by atoms with Crippen LogP contribution in [0.5, 0.6) is 5.88 Å². The summed E-state index contributed by atoms with van der Waals surface area (Å²) in [5.41, 5.74) is 4.04. The lowest BCUT2D eigenvalue weighted by molar-refractivity contribution is 0.102. The number of nitrogens with zero attached hydrogens (tertiary/aromatic N) is 4. The molecular formula is C22H20F2N6O5S2. The molecule has 2 aliphatic rings. The van der Waals surface area contributed by atoms with Crippen molar-refractivity contribution in [1.82, 2.24) is 15.0 Å². The van der Waals surface area contributed by atoms with Crippen LogP contribution in [0.15, 0.2) is 46.4 Å². The molecule has 0 unspecified atom stereocenters. The number of thioether (sulfide) groups is 1. The van der Waals surface area contributed by atoms with Crippen molar-refractivity contribution in [3.63, 3.8) is 0 Å². The van der Waals surface area contributed by atoms with Gasteiger partial charge in [-0.2, -0.15) is 0 Å². The fourth-order valence-electron chi connectivity index (χ4n) is 4.40. The Bertz CT molecular complexity index is 1520. The summed E-state index contributed by atoms with van der Waals surface area (Å²) in [4.78, 5) is 28.9. The number of halogens is 2. The van der Waals surface area contributed by atoms with E-state index in [1.54, 1.807) is 0 Å². The van der Waals surface area contributed by atoms with Gasteiger partial charge >= 0.3 is 0 Å². The molecule has 11 nitrogen and oxygen atoms in total. The number of hydrogen-bond donors (Lipinski definition) is 2. The smallest absolute Gasteiger partial charge is 0.275 e. The van der Waals surface area contributed by atoms with Gasteiger partial charge < -0.3 is 20.2 Å². The van der Waals surface area contributed by atoms with Crippen molar-refractivity contribution < 1.29 is 31.1 Å². The van der Waals surface area contributed by atoms with Gasteiger partial charge in [-0.1, -0.05) is 11.8 Å². The number of nitrogens with one attached hydrogen (secondary N) is 1. The lowest BCUT2D eigenvalue weighted by atomic mass is 9.86. The first-order valence-corrected chi connectivity index (χ1v) is 13.5. The normalized spacial score (nSPS) is 24.6. The van der Waals surface area contributed by atoms with E-state index in [0.717, 1.165) is 30.3 Å². The number of aromatic nitrogens is 3. The topological polar surface area (TPSA) is 163 Å². The van der Waals surface area contributed by atoms with Gasteiger partial charge in [0.05, 0.1) is 24.1 Å². The van der Waals surface area contributed by atoms with E-state index in [9.17, 15) is 17.6 Å². The molecule has 3 heterocycles. The molecule has 0 saturated heterocycles. The number of sulfone groups is 1. The molecule has 194 valence electrons. The van der Waals surface area contributed by atoms with Gasteiger partial charge in [-0.05, 0) is 19.4 Å². The molecule has 5 rings (SSSR count). The molecule has 1 fully saturated rings. The number of benzene rings is 1. The summed E-state index contributed by atoms with van der Waals surface area (Å²) >= 11 is 0.912. The molecular weight excluding hydrogens is 530 g/mol. The zero-order chi connectivity index (χ0) is 26.6. The zero-order valence-corrected chi connectivity index (χ0v) is 21.1. The Hall–Kier alpha value is -3.59. The van der Waals surface area contributed by atoms with Gasteiger partial charge in [-0.3, -0.25) is 9.79 Å². The van der Waals surface area contributed by atoms with Crippen molar-refractivity contribution in [3.05, 3.63) is 65.8 Å². The van der Waals surface area contributed by atoms with E-state index in [1.807, 2.05) is 0 Å². The third kappa shape index (κ3) is 4.41. The molecule has 0 bridgehead atoms.